The smallest absolute Gasteiger partial charge is 0.118 e. The lowest BCUT2D eigenvalue weighted by molar-refractivity contribution is 0.117. The van der Waals surface area contributed by atoms with Crippen LogP contribution in [0.4, 0.5) is 0 Å². The summed E-state index contributed by atoms with van der Waals surface area (Å²) in [5.41, 5.74) is 1.84. The molecule has 1 N–H and O–H groups in total. The Hall–Kier alpha value is -0.800. The minimum Gasteiger partial charge on any atom is -0.465 e. The summed E-state index contributed by atoms with van der Waals surface area (Å²) in [4.78, 5) is 2.48. The van der Waals surface area contributed by atoms with Gasteiger partial charge in [0.1, 0.15) is 11.5 Å². The third-order valence-electron chi connectivity index (χ3n) is 4.97. The highest BCUT2D eigenvalue weighted by molar-refractivity contribution is 5.20. The highest BCUT2D eigenvalue weighted by Gasteiger charge is 2.29. The van der Waals surface area contributed by atoms with Crippen molar-refractivity contribution in [3.05, 3.63) is 23.2 Å². The molecule has 1 aliphatic carbocycles. The van der Waals surface area contributed by atoms with E-state index in [-0.39, 0.29) is 0 Å². The van der Waals surface area contributed by atoms with E-state index in [1.165, 1.54) is 31.2 Å². The minimum absolute atomic E-state index is 0.539. The van der Waals surface area contributed by atoms with Crippen molar-refractivity contribution in [1.82, 2.24) is 10.2 Å². The van der Waals surface area contributed by atoms with Gasteiger partial charge in [0.25, 0.3) is 0 Å². The van der Waals surface area contributed by atoms with Gasteiger partial charge in [0.05, 0.1) is 6.54 Å². The summed E-state index contributed by atoms with van der Waals surface area (Å²) < 4.78 is 5.93. The second-order valence-electron chi connectivity index (χ2n) is 7.38. The van der Waals surface area contributed by atoms with Gasteiger partial charge in [0.2, 0.25) is 0 Å². The molecule has 3 heteroatoms. The summed E-state index contributed by atoms with van der Waals surface area (Å²) in [6.07, 6.45) is 5.30. The molecule has 0 aliphatic heterocycles. The number of furan rings is 1. The Labute approximate surface area is 130 Å². The predicted octanol–water partition coefficient (Wildman–Crippen LogP) is 4.10. The maximum Gasteiger partial charge on any atom is 0.118 e. The molecule has 0 atom stereocenters. The Balaban J connectivity index is 1.89. The van der Waals surface area contributed by atoms with E-state index in [4.69, 9.17) is 4.42 Å². The summed E-state index contributed by atoms with van der Waals surface area (Å²) in [6.45, 7) is 11.8. The van der Waals surface area contributed by atoms with Crippen molar-refractivity contribution in [2.24, 2.45) is 5.41 Å². The molecular weight excluding hydrogens is 260 g/mol. The molecule has 1 heterocycles. The van der Waals surface area contributed by atoms with Gasteiger partial charge < -0.3 is 9.73 Å². The molecule has 3 nitrogen and oxygen atoms in total. The molecule has 2 rings (SSSR count). The van der Waals surface area contributed by atoms with Crippen molar-refractivity contribution >= 4 is 0 Å². The first-order valence-corrected chi connectivity index (χ1v) is 8.40. The lowest BCUT2D eigenvalue weighted by atomic mass is 9.75. The minimum atomic E-state index is 0.539. The van der Waals surface area contributed by atoms with Crippen molar-refractivity contribution in [1.29, 1.82) is 0 Å². The molecule has 120 valence electrons. The summed E-state index contributed by atoms with van der Waals surface area (Å²) >= 11 is 0. The molecule has 0 radical (unpaired) electrons. The number of aryl methyl sites for hydroxylation is 1. The van der Waals surface area contributed by atoms with Crippen molar-refractivity contribution in [2.45, 2.75) is 72.5 Å². The van der Waals surface area contributed by atoms with Gasteiger partial charge in [0.15, 0.2) is 0 Å². The van der Waals surface area contributed by atoms with Crippen LogP contribution in [0.15, 0.2) is 10.5 Å². The topological polar surface area (TPSA) is 28.4 Å². The standard InChI is InChI=1S/C18H32N2O/c1-6-19-12-15-11-17(21-14(15)2)13-20(5)16-7-9-18(3,4)10-8-16/h11,16,19H,6-10,12-13H2,1-5H3. The van der Waals surface area contributed by atoms with E-state index in [2.05, 4.69) is 51.0 Å². The highest BCUT2D eigenvalue weighted by Crippen LogP contribution is 2.36. The van der Waals surface area contributed by atoms with Gasteiger partial charge in [-0.05, 0) is 57.7 Å². The van der Waals surface area contributed by atoms with E-state index in [0.717, 1.165) is 31.2 Å². The summed E-state index contributed by atoms with van der Waals surface area (Å²) in [5, 5.41) is 3.37. The zero-order chi connectivity index (χ0) is 15.5. The Morgan fingerprint density at radius 3 is 2.62 bits per heavy atom. The van der Waals surface area contributed by atoms with Crippen LogP contribution in [0, 0.1) is 12.3 Å². The van der Waals surface area contributed by atoms with Crippen LogP contribution in [-0.2, 0) is 13.1 Å². The first kappa shape index (κ1) is 16.6. The van der Waals surface area contributed by atoms with Crippen LogP contribution in [0.3, 0.4) is 0 Å². The second kappa shape index (κ2) is 6.97. The van der Waals surface area contributed by atoms with Crippen LogP contribution >= 0.6 is 0 Å². The lowest BCUT2D eigenvalue weighted by Crippen LogP contribution is -2.36. The molecular formula is C18H32N2O. The van der Waals surface area contributed by atoms with Crippen molar-refractivity contribution in [2.75, 3.05) is 13.6 Å². The highest BCUT2D eigenvalue weighted by atomic mass is 16.3. The number of hydrogen-bond donors (Lipinski definition) is 1. The van der Waals surface area contributed by atoms with Crippen LogP contribution < -0.4 is 5.32 Å². The zero-order valence-corrected chi connectivity index (χ0v) is 14.5. The molecule has 0 spiro atoms. The predicted molar refractivity (Wildman–Crippen MR) is 88.3 cm³/mol. The van der Waals surface area contributed by atoms with Gasteiger partial charge in [-0.15, -0.1) is 0 Å². The Bertz CT molecular complexity index is 440. The normalized spacial score (nSPS) is 19.3. The van der Waals surface area contributed by atoms with Gasteiger partial charge in [-0.1, -0.05) is 20.8 Å². The van der Waals surface area contributed by atoms with E-state index in [0.29, 0.717) is 11.5 Å². The summed E-state index contributed by atoms with van der Waals surface area (Å²) in [5.74, 6) is 2.16. The molecule has 1 saturated carbocycles. The quantitative estimate of drug-likeness (QED) is 0.855. The van der Waals surface area contributed by atoms with Crippen LogP contribution in [-0.4, -0.2) is 24.5 Å². The first-order valence-electron chi connectivity index (χ1n) is 8.40. The molecule has 0 aromatic carbocycles. The molecule has 0 unspecified atom stereocenters. The van der Waals surface area contributed by atoms with E-state index < -0.39 is 0 Å². The molecule has 1 aromatic heterocycles. The maximum absolute atomic E-state index is 5.93. The number of rotatable bonds is 6. The maximum atomic E-state index is 5.93. The van der Waals surface area contributed by atoms with Gasteiger partial charge in [0, 0.05) is 18.2 Å². The van der Waals surface area contributed by atoms with Gasteiger partial charge >= 0.3 is 0 Å². The van der Waals surface area contributed by atoms with Crippen LogP contribution in [0.2, 0.25) is 0 Å². The van der Waals surface area contributed by atoms with Crippen molar-refractivity contribution in [3.63, 3.8) is 0 Å². The summed E-state index contributed by atoms with van der Waals surface area (Å²) in [7, 11) is 2.24. The van der Waals surface area contributed by atoms with Crippen LogP contribution in [0.5, 0.6) is 0 Å². The van der Waals surface area contributed by atoms with Gasteiger partial charge in [-0.25, -0.2) is 0 Å². The first-order chi connectivity index (χ1) is 9.91. The average Bonchev–Trinajstić information content (AvgIpc) is 2.76. The Kier molecular flexibility index (Phi) is 5.50. The van der Waals surface area contributed by atoms with E-state index in [1.807, 2.05) is 0 Å². The van der Waals surface area contributed by atoms with Crippen molar-refractivity contribution in [3.8, 4) is 0 Å². The third kappa shape index (κ3) is 4.58. The van der Waals surface area contributed by atoms with E-state index in [1.54, 1.807) is 0 Å². The van der Waals surface area contributed by atoms with E-state index in [9.17, 15) is 0 Å². The fourth-order valence-corrected chi connectivity index (χ4v) is 3.30. The lowest BCUT2D eigenvalue weighted by Gasteiger charge is -2.38. The van der Waals surface area contributed by atoms with Crippen LogP contribution in [0.1, 0.15) is 63.5 Å². The fourth-order valence-electron chi connectivity index (χ4n) is 3.30. The SMILES string of the molecule is CCNCc1cc(CN(C)C2CCC(C)(C)CC2)oc1C. The number of nitrogens with zero attached hydrogens (tertiary/aromatic N) is 1. The van der Waals surface area contributed by atoms with Gasteiger partial charge in [-0.3, -0.25) is 4.90 Å². The number of hydrogen-bond acceptors (Lipinski definition) is 3. The molecule has 1 fully saturated rings. The third-order valence-corrected chi connectivity index (χ3v) is 4.97. The van der Waals surface area contributed by atoms with Gasteiger partial charge in [-0.2, -0.15) is 0 Å². The fraction of sp³-hybridized carbons (Fsp3) is 0.778. The largest absolute Gasteiger partial charge is 0.465 e. The van der Waals surface area contributed by atoms with Crippen molar-refractivity contribution < 1.29 is 4.42 Å². The second-order valence-corrected chi connectivity index (χ2v) is 7.38. The molecule has 1 aliphatic rings. The summed E-state index contributed by atoms with van der Waals surface area (Å²) in [6, 6.07) is 2.93. The average molecular weight is 292 g/mol. The Morgan fingerprint density at radius 2 is 2.00 bits per heavy atom. The number of nitrogens with one attached hydrogen (secondary N) is 1. The molecule has 1 aromatic rings. The molecule has 21 heavy (non-hydrogen) atoms. The van der Waals surface area contributed by atoms with Crippen LogP contribution in [0.25, 0.3) is 0 Å². The van der Waals surface area contributed by atoms with E-state index >= 15 is 0 Å². The molecule has 0 bridgehead atoms. The zero-order valence-electron chi connectivity index (χ0n) is 14.5. The monoisotopic (exact) mass is 292 g/mol. The molecule has 0 saturated heterocycles. The molecule has 0 amide bonds. The Morgan fingerprint density at radius 1 is 1.33 bits per heavy atom.